The highest BCUT2D eigenvalue weighted by molar-refractivity contribution is 5.28. The number of hydrogen-bond donors (Lipinski definition) is 2. The van der Waals surface area contributed by atoms with E-state index in [1.165, 1.54) is 5.56 Å². The molecule has 1 aromatic rings. The van der Waals surface area contributed by atoms with Crippen LogP contribution in [-0.2, 0) is 0 Å². The number of benzene rings is 1. The number of phenolic OH excluding ortho intramolecular Hbond substituents is 1. The summed E-state index contributed by atoms with van der Waals surface area (Å²) in [6.07, 6.45) is 3.28. The molecule has 1 saturated heterocycles. The number of piperidine rings is 1. The lowest BCUT2D eigenvalue weighted by Crippen LogP contribution is -2.41. The summed E-state index contributed by atoms with van der Waals surface area (Å²) in [4.78, 5) is 2.51. The maximum atomic E-state index is 9.33. The fourth-order valence-corrected chi connectivity index (χ4v) is 2.63. The molecule has 1 aliphatic rings. The molecule has 0 aromatic heterocycles. The molecule has 0 bridgehead atoms. The van der Waals surface area contributed by atoms with Crippen LogP contribution < -0.4 is 5.73 Å². The third-order valence-corrected chi connectivity index (χ3v) is 3.68. The summed E-state index contributed by atoms with van der Waals surface area (Å²) >= 11 is 0. The standard InChI is InChI=1S/C14H22N2O/c1-2-14(11-3-5-13(17)6-4-11)16-9-7-12(15)8-10-16/h3-6,12,14,17H,2,7-10,15H2,1H3. The zero-order chi connectivity index (χ0) is 12.3. The molecule has 94 valence electrons. The first-order valence-corrected chi connectivity index (χ1v) is 6.49. The lowest BCUT2D eigenvalue weighted by Gasteiger charge is -2.36. The Kier molecular flexibility index (Phi) is 4.02. The molecule has 1 aromatic carbocycles. The average molecular weight is 234 g/mol. The zero-order valence-corrected chi connectivity index (χ0v) is 10.5. The molecule has 1 atom stereocenters. The van der Waals surface area contributed by atoms with Crippen molar-refractivity contribution in [1.82, 2.24) is 4.90 Å². The van der Waals surface area contributed by atoms with E-state index in [9.17, 15) is 5.11 Å². The second-order valence-electron chi connectivity index (χ2n) is 4.89. The van der Waals surface area contributed by atoms with Gasteiger partial charge >= 0.3 is 0 Å². The Hall–Kier alpha value is -1.06. The Bertz CT molecular complexity index is 342. The summed E-state index contributed by atoms with van der Waals surface area (Å²) in [6, 6.07) is 8.43. The minimum Gasteiger partial charge on any atom is -0.508 e. The van der Waals surface area contributed by atoms with Crippen LogP contribution >= 0.6 is 0 Å². The van der Waals surface area contributed by atoms with Gasteiger partial charge in [-0.3, -0.25) is 4.90 Å². The third kappa shape index (κ3) is 2.99. The molecule has 3 N–H and O–H groups in total. The van der Waals surface area contributed by atoms with Crippen LogP contribution in [0.4, 0.5) is 0 Å². The summed E-state index contributed by atoms with van der Waals surface area (Å²) < 4.78 is 0. The normalized spacial score (nSPS) is 20.4. The number of nitrogens with zero attached hydrogens (tertiary/aromatic N) is 1. The molecule has 1 aliphatic heterocycles. The van der Waals surface area contributed by atoms with Crippen LogP contribution in [0.5, 0.6) is 5.75 Å². The molecule has 3 nitrogen and oxygen atoms in total. The Morgan fingerprint density at radius 3 is 2.41 bits per heavy atom. The Balaban J connectivity index is 2.08. The van der Waals surface area contributed by atoms with Gasteiger partial charge in [0, 0.05) is 25.2 Å². The van der Waals surface area contributed by atoms with Crippen molar-refractivity contribution in [3.8, 4) is 5.75 Å². The molecule has 0 aliphatic carbocycles. The van der Waals surface area contributed by atoms with Crippen LogP contribution in [0.25, 0.3) is 0 Å². The van der Waals surface area contributed by atoms with Crippen LogP contribution in [0.1, 0.15) is 37.8 Å². The third-order valence-electron chi connectivity index (χ3n) is 3.68. The van der Waals surface area contributed by atoms with Crippen molar-refractivity contribution < 1.29 is 5.11 Å². The van der Waals surface area contributed by atoms with E-state index in [1.54, 1.807) is 12.1 Å². The molecule has 0 radical (unpaired) electrons. The van der Waals surface area contributed by atoms with Crippen LogP contribution in [-0.4, -0.2) is 29.1 Å². The molecule has 2 rings (SSSR count). The van der Waals surface area contributed by atoms with Crippen LogP contribution in [0, 0.1) is 0 Å². The Morgan fingerprint density at radius 2 is 1.88 bits per heavy atom. The van der Waals surface area contributed by atoms with Gasteiger partial charge in [0.25, 0.3) is 0 Å². The first-order chi connectivity index (χ1) is 8.20. The van der Waals surface area contributed by atoms with Gasteiger partial charge < -0.3 is 10.8 Å². The predicted molar refractivity (Wildman–Crippen MR) is 69.9 cm³/mol. The zero-order valence-electron chi connectivity index (χ0n) is 10.5. The van der Waals surface area contributed by atoms with Crippen molar-refractivity contribution in [3.63, 3.8) is 0 Å². The van der Waals surface area contributed by atoms with E-state index in [0.29, 0.717) is 17.8 Å². The maximum Gasteiger partial charge on any atom is 0.115 e. The number of phenols is 1. The lowest BCUT2D eigenvalue weighted by atomic mass is 9.98. The van der Waals surface area contributed by atoms with Crippen LogP contribution in [0.15, 0.2) is 24.3 Å². The number of aromatic hydroxyl groups is 1. The molecule has 0 saturated carbocycles. The van der Waals surface area contributed by atoms with Gasteiger partial charge in [0.05, 0.1) is 0 Å². The Labute approximate surface area is 103 Å². The van der Waals surface area contributed by atoms with E-state index in [2.05, 4.69) is 11.8 Å². The topological polar surface area (TPSA) is 49.5 Å². The monoisotopic (exact) mass is 234 g/mol. The van der Waals surface area contributed by atoms with Gasteiger partial charge in [0.15, 0.2) is 0 Å². The quantitative estimate of drug-likeness (QED) is 0.843. The summed E-state index contributed by atoms with van der Waals surface area (Å²) in [5.74, 6) is 0.337. The SMILES string of the molecule is CCC(c1ccc(O)cc1)N1CCC(N)CC1. The highest BCUT2D eigenvalue weighted by Crippen LogP contribution is 2.28. The van der Waals surface area contributed by atoms with Crippen molar-refractivity contribution in [2.45, 2.75) is 38.3 Å². The number of nitrogens with two attached hydrogens (primary N) is 1. The van der Waals surface area contributed by atoms with Gasteiger partial charge in [-0.1, -0.05) is 19.1 Å². The highest BCUT2D eigenvalue weighted by atomic mass is 16.3. The van der Waals surface area contributed by atoms with Crippen molar-refractivity contribution in [2.24, 2.45) is 5.73 Å². The second-order valence-corrected chi connectivity index (χ2v) is 4.89. The van der Waals surface area contributed by atoms with E-state index in [-0.39, 0.29) is 0 Å². The fraction of sp³-hybridized carbons (Fsp3) is 0.571. The van der Waals surface area contributed by atoms with E-state index in [4.69, 9.17) is 5.73 Å². The van der Waals surface area contributed by atoms with Gasteiger partial charge in [-0.15, -0.1) is 0 Å². The molecule has 0 amide bonds. The van der Waals surface area contributed by atoms with Crippen molar-refractivity contribution in [1.29, 1.82) is 0 Å². The lowest BCUT2D eigenvalue weighted by molar-refractivity contribution is 0.149. The van der Waals surface area contributed by atoms with Crippen molar-refractivity contribution in [2.75, 3.05) is 13.1 Å². The van der Waals surface area contributed by atoms with Crippen molar-refractivity contribution >= 4 is 0 Å². The molecule has 0 spiro atoms. The number of hydrogen-bond acceptors (Lipinski definition) is 3. The number of likely N-dealkylation sites (tertiary alicyclic amines) is 1. The molecule has 1 unspecified atom stereocenters. The average Bonchev–Trinajstić information content (AvgIpc) is 2.35. The summed E-state index contributed by atoms with van der Waals surface area (Å²) in [6.45, 7) is 4.38. The smallest absolute Gasteiger partial charge is 0.115 e. The van der Waals surface area contributed by atoms with Gasteiger partial charge in [-0.2, -0.15) is 0 Å². The molecule has 3 heteroatoms. The fourth-order valence-electron chi connectivity index (χ4n) is 2.63. The van der Waals surface area contributed by atoms with E-state index >= 15 is 0 Å². The first kappa shape index (κ1) is 12.4. The van der Waals surface area contributed by atoms with Crippen LogP contribution in [0.2, 0.25) is 0 Å². The Morgan fingerprint density at radius 1 is 1.29 bits per heavy atom. The van der Waals surface area contributed by atoms with Crippen molar-refractivity contribution in [3.05, 3.63) is 29.8 Å². The molecular formula is C14H22N2O. The molecule has 1 fully saturated rings. The van der Waals surface area contributed by atoms with Gasteiger partial charge in [-0.05, 0) is 37.0 Å². The van der Waals surface area contributed by atoms with Gasteiger partial charge in [0.2, 0.25) is 0 Å². The summed E-state index contributed by atoms with van der Waals surface area (Å²) in [7, 11) is 0. The van der Waals surface area contributed by atoms with E-state index in [1.807, 2.05) is 12.1 Å². The molecule has 1 heterocycles. The van der Waals surface area contributed by atoms with Gasteiger partial charge in [-0.25, -0.2) is 0 Å². The summed E-state index contributed by atoms with van der Waals surface area (Å²) in [5.41, 5.74) is 7.23. The first-order valence-electron chi connectivity index (χ1n) is 6.49. The number of rotatable bonds is 3. The van der Waals surface area contributed by atoms with E-state index < -0.39 is 0 Å². The summed E-state index contributed by atoms with van der Waals surface area (Å²) in [5, 5.41) is 9.33. The predicted octanol–water partition coefficient (Wildman–Crippen LogP) is 2.27. The minimum atomic E-state index is 0.337. The molecular weight excluding hydrogens is 212 g/mol. The van der Waals surface area contributed by atoms with E-state index in [0.717, 1.165) is 32.4 Å². The minimum absolute atomic E-state index is 0.337. The van der Waals surface area contributed by atoms with Crippen LogP contribution in [0.3, 0.4) is 0 Å². The molecule has 17 heavy (non-hydrogen) atoms. The van der Waals surface area contributed by atoms with Gasteiger partial charge in [0.1, 0.15) is 5.75 Å². The highest BCUT2D eigenvalue weighted by Gasteiger charge is 2.23. The second kappa shape index (κ2) is 5.52. The maximum absolute atomic E-state index is 9.33. The largest absolute Gasteiger partial charge is 0.508 e.